The molecule has 0 saturated carbocycles. The lowest BCUT2D eigenvalue weighted by Gasteiger charge is -2.34. The van der Waals surface area contributed by atoms with Crippen LogP contribution < -0.4 is 5.43 Å². The van der Waals surface area contributed by atoms with Crippen LogP contribution in [0.2, 0.25) is 0 Å². The molecule has 8 nitrogen and oxygen atoms in total. The summed E-state index contributed by atoms with van der Waals surface area (Å²) in [6, 6.07) is 9.29. The van der Waals surface area contributed by atoms with E-state index < -0.39 is 0 Å². The average molecular weight is 381 g/mol. The van der Waals surface area contributed by atoms with Crippen LogP contribution in [0.4, 0.5) is 0 Å². The number of fused-ring (bicyclic) bond motifs is 1. The third kappa shape index (κ3) is 3.96. The van der Waals surface area contributed by atoms with Crippen molar-refractivity contribution in [2.75, 3.05) is 26.2 Å². The van der Waals surface area contributed by atoms with Gasteiger partial charge >= 0.3 is 0 Å². The van der Waals surface area contributed by atoms with Crippen molar-refractivity contribution in [3.63, 3.8) is 0 Å². The number of carbonyl (C=O) groups is 1. The van der Waals surface area contributed by atoms with E-state index in [1.54, 1.807) is 10.7 Å². The van der Waals surface area contributed by atoms with E-state index in [4.69, 9.17) is 4.52 Å². The quantitative estimate of drug-likeness (QED) is 0.665. The molecule has 1 aromatic carbocycles. The molecular formula is C20H23N5O3. The first-order chi connectivity index (χ1) is 13.6. The van der Waals surface area contributed by atoms with E-state index in [0.717, 1.165) is 36.6 Å². The Morgan fingerprint density at radius 3 is 2.71 bits per heavy atom. The number of rotatable bonds is 5. The fourth-order valence-electron chi connectivity index (χ4n) is 3.57. The Morgan fingerprint density at radius 2 is 1.96 bits per heavy atom. The topological polar surface area (TPSA) is 84.5 Å². The van der Waals surface area contributed by atoms with Gasteiger partial charge in [0.05, 0.1) is 30.5 Å². The fourth-order valence-corrected chi connectivity index (χ4v) is 3.57. The van der Waals surface area contributed by atoms with Crippen LogP contribution in [0.3, 0.4) is 0 Å². The number of benzene rings is 1. The Kier molecular flexibility index (Phi) is 5.21. The van der Waals surface area contributed by atoms with Gasteiger partial charge in [-0.2, -0.15) is 5.10 Å². The van der Waals surface area contributed by atoms with E-state index in [1.165, 1.54) is 6.20 Å². The van der Waals surface area contributed by atoms with Crippen LogP contribution in [-0.4, -0.2) is 56.8 Å². The van der Waals surface area contributed by atoms with Gasteiger partial charge in [0.2, 0.25) is 11.3 Å². The molecule has 0 unspecified atom stereocenters. The molecule has 28 heavy (non-hydrogen) atoms. The predicted octanol–water partition coefficient (Wildman–Crippen LogP) is 1.43. The molecule has 1 aliphatic heterocycles. The molecule has 0 radical (unpaired) electrons. The zero-order chi connectivity index (χ0) is 19.5. The summed E-state index contributed by atoms with van der Waals surface area (Å²) in [6.07, 6.45) is 1.68. The van der Waals surface area contributed by atoms with Gasteiger partial charge in [-0.1, -0.05) is 17.3 Å². The molecule has 0 N–H and O–H groups in total. The van der Waals surface area contributed by atoms with Gasteiger partial charge in [-0.05, 0) is 19.1 Å². The molecule has 2 aromatic heterocycles. The molecule has 8 heteroatoms. The summed E-state index contributed by atoms with van der Waals surface area (Å²) in [7, 11) is 0. The van der Waals surface area contributed by atoms with Crippen LogP contribution in [0.25, 0.3) is 10.9 Å². The standard InChI is InChI=1S/C20H23N5O3/c1-15-12-16(28-22-15)14-23-8-10-24(11-9-23)20(27)6-7-25-18-5-3-2-4-17(18)19(26)13-21-25/h2-5,12-13H,6-11,14H2,1H3. The van der Waals surface area contributed by atoms with E-state index in [-0.39, 0.29) is 11.3 Å². The summed E-state index contributed by atoms with van der Waals surface area (Å²) >= 11 is 0. The Bertz CT molecular complexity index is 1030. The summed E-state index contributed by atoms with van der Waals surface area (Å²) in [5.74, 6) is 0.966. The van der Waals surface area contributed by atoms with Crippen molar-refractivity contribution >= 4 is 16.8 Å². The number of hydrogen-bond acceptors (Lipinski definition) is 6. The zero-order valence-electron chi connectivity index (χ0n) is 15.9. The van der Waals surface area contributed by atoms with Gasteiger partial charge in [-0.25, -0.2) is 0 Å². The molecule has 1 amide bonds. The molecule has 0 aliphatic carbocycles. The summed E-state index contributed by atoms with van der Waals surface area (Å²) in [4.78, 5) is 28.7. The molecular weight excluding hydrogens is 358 g/mol. The molecule has 0 atom stereocenters. The first-order valence-corrected chi connectivity index (χ1v) is 9.47. The predicted molar refractivity (Wildman–Crippen MR) is 104 cm³/mol. The van der Waals surface area contributed by atoms with Gasteiger partial charge in [-0.3, -0.25) is 19.2 Å². The lowest BCUT2D eigenvalue weighted by atomic mass is 10.2. The molecule has 1 fully saturated rings. The van der Waals surface area contributed by atoms with Gasteiger partial charge in [0.15, 0.2) is 5.76 Å². The smallest absolute Gasteiger partial charge is 0.224 e. The summed E-state index contributed by atoms with van der Waals surface area (Å²) in [6.45, 7) is 6.10. The highest BCUT2D eigenvalue weighted by atomic mass is 16.5. The van der Waals surface area contributed by atoms with Crippen LogP contribution in [-0.2, 0) is 17.9 Å². The second-order valence-corrected chi connectivity index (χ2v) is 7.09. The molecule has 4 rings (SSSR count). The largest absolute Gasteiger partial charge is 0.360 e. The normalized spacial score (nSPS) is 15.2. The van der Waals surface area contributed by atoms with E-state index in [1.807, 2.05) is 36.1 Å². The maximum Gasteiger partial charge on any atom is 0.224 e. The number of aromatic nitrogens is 3. The van der Waals surface area contributed by atoms with E-state index >= 15 is 0 Å². The minimum atomic E-state index is -0.101. The van der Waals surface area contributed by atoms with Crippen molar-refractivity contribution in [1.82, 2.24) is 24.7 Å². The highest BCUT2D eigenvalue weighted by Crippen LogP contribution is 2.12. The Morgan fingerprint density at radius 1 is 1.18 bits per heavy atom. The van der Waals surface area contributed by atoms with Gasteiger partial charge in [0.1, 0.15) is 0 Å². The highest BCUT2D eigenvalue weighted by Gasteiger charge is 2.22. The maximum absolute atomic E-state index is 12.6. The lowest BCUT2D eigenvalue weighted by molar-refractivity contribution is -0.133. The lowest BCUT2D eigenvalue weighted by Crippen LogP contribution is -2.48. The van der Waals surface area contributed by atoms with E-state index in [9.17, 15) is 9.59 Å². The Balaban J connectivity index is 1.32. The molecule has 1 aliphatic rings. The SMILES string of the molecule is Cc1cc(CN2CCN(C(=O)CCn3ncc(=O)c4ccccc43)CC2)on1. The van der Waals surface area contributed by atoms with Crippen molar-refractivity contribution in [3.05, 3.63) is 58.2 Å². The first-order valence-electron chi connectivity index (χ1n) is 9.47. The number of para-hydroxylation sites is 1. The second-order valence-electron chi connectivity index (χ2n) is 7.09. The van der Waals surface area contributed by atoms with Crippen molar-refractivity contribution < 1.29 is 9.32 Å². The number of amides is 1. The second kappa shape index (κ2) is 7.93. The van der Waals surface area contributed by atoms with Gasteiger partial charge in [0, 0.05) is 44.1 Å². The van der Waals surface area contributed by atoms with Crippen LogP contribution in [0, 0.1) is 6.92 Å². The van der Waals surface area contributed by atoms with Gasteiger partial charge < -0.3 is 9.42 Å². The minimum Gasteiger partial charge on any atom is -0.360 e. The van der Waals surface area contributed by atoms with Crippen LogP contribution >= 0.6 is 0 Å². The van der Waals surface area contributed by atoms with Crippen LogP contribution in [0.1, 0.15) is 17.9 Å². The van der Waals surface area contributed by atoms with Crippen LogP contribution in [0.15, 0.2) is 45.8 Å². The maximum atomic E-state index is 12.6. The third-order valence-electron chi connectivity index (χ3n) is 5.08. The molecule has 146 valence electrons. The van der Waals surface area contributed by atoms with Gasteiger partial charge in [0.25, 0.3) is 0 Å². The van der Waals surface area contributed by atoms with E-state index in [0.29, 0.717) is 31.4 Å². The molecule has 1 saturated heterocycles. The third-order valence-corrected chi connectivity index (χ3v) is 5.08. The number of piperazine rings is 1. The number of aryl methyl sites for hydroxylation is 2. The number of nitrogens with zero attached hydrogens (tertiary/aromatic N) is 5. The van der Waals surface area contributed by atoms with Crippen LogP contribution in [0.5, 0.6) is 0 Å². The fraction of sp³-hybridized carbons (Fsp3) is 0.400. The Hall–Kier alpha value is -3.00. The summed E-state index contributed by atoms with van der Waals surface area (Å²) in [5, 5.41) is 8.73. The molecule has 3 heterocycles. The molecule has 3 aromatic rings. The monoisotopic (exact) mass is 381 g/mol. The van der Waals surface area contributed by atoms with Crippen molar-refractivity contribution in [3.8, 4) is 0 Å². The van der Waals surface area contributed by atoms with Crippen molar-refractivity contribution in [2.45, 2.75) is 26.4 Å². The summed E-state index contributed by atoms with van der Waals surface area (Å²) in [5.41, 5.74) is 1.54. The summed E-state index contributed by atoms with van der Waals surface area (Å²) < 4.78 is 7.00. The number of carbonyl (C=O) groups excluding carboxylic acids is 1. The minimum absolute atomic E-state index is 0.101. The molecule has 0 spiro atoms. The Labute approximate surface area is 162 Å². The first kappa shape index (κ1) is 18.4. The zero-order valence-corrected chi connectivity index (χ0v) is 15.9. The van der Waals surface area contributed by atoms with Crippen molar-refractivity contribution in [1.29, 1.82) is 0 Å². The average Bonchev–Trinajstić information content (AvgIpc) is 3.12. The van der Waals surface area contributed by atoms with Gasteiger partial charge in [-0.15, -0.1) is 0 Å². The van der Waals surface area contributed by atoms with E-state index in [2.05, 4.69) is 15.2 Å². The number of hydrogen-bond donors (Lipinski definition) is 0. The van der Waals surface area contributed by atoms with Crippen molar-refractivity contribution in [2.24, 2.45) is 0 Å². The molecule has 0 bridgehead atoms. The highest BCUT2D eigenvalue weighted by molar-refractivity contribution is 5.79.